The summed E-state index contributed by atoms with van der Waals surface area (Å²) in [6.07, 6.45) is 22.9. The maximum absolute atomic E-state index is 5.68. The molecule has 0 aliphatic heterocycles. The Kier molecular flexibility index (Phi) is 12.8. The first-order valence-electron chi connectivity index (χ1n) is 15.9. The summed E-state index contributed by atoms with van der Waals surface area (Å²) in [7, 11) is 3.69. The highest BCUT2D eigenvalue weighted by atomic mass is 16.5. The fourth-order valence-electron chi connectivity index (χ4n) is 6.84. The molecule has 0 aromatic carbocycles. The molecule has 4 saturated carbocycles. The number of rotatable bonds is 9. The predicted octanol–water partition coefficient (Wildman–Crippen LogP) is 4.64. The lowest BCUT2D eigenvalue weighted by Crippen LogP contribution is -2.50. The number of hydrogen-bond donors (Lipinski definition) is 4. The van der Waals surface area contributed by atoms with Crippen molar-refractivity contribution in [3.8, 4) is 0 Å². The summed E-state index contributed by atoms with van der Waals surface area (Å²) in [6.45, 7) is 1.37. The number of ether oxygens (including phenoxy) is 2. The second kappa shape index (κ2) is 16.5. The molecule has 0 saturated heterocycles. The first kappa shape index (κ1) is 29.4. The van der Waals surface area contributed by atoms with E-state index in [-0.39, 0.29) is 0 Å². The van der Waals surface area contributed by atoms with Gasteiger partial charge in [0.05, 0.1) is 25.3 Å². The van der Waals surface area contributed by atoms with Gasteiger partial charge in [0.15, 0.2) is 11.9 Å². The monoisotopic (exact) mass is 532 g/mol. The van der Waals surface area contributed by atoms with E-state index in [1.54, 1.807) is 0 Å². The lowest BCUT2D eigenvalue weighted by atomic mass is 9.93. The second-order valence-corrected chi connectivity index (χ2v) is 12.2. The van der Waals surface area contributed by atoms with Crippen LogP contribution >= 0.6 is 0 Å². The number of nitrogens with zero attached hydrogens (tertiary/aromatic N) is 2. The first-order valence-corrected chi connectivity index (χ1v) is 15.9. The van der Waals surface area contributed by atoms with Crippen molar-refractivity contribution in [1.82, 2.24) is 21.3 Å². The van der Waals surface area contributed by atoms with Gasteiger partial charge in [-0.1, -0.05) is 38.5 Å². The Labute approximate surface area is 232 Å². The Hall–Kier alpha value is -1.54. The summed E-state index contributed by atoms with van der Waals surface area (Å²) in [5, 5.41) is 15.1. The Morgan fingerprint density at radius 2 is 0.868 bits per heavy atom. The molecule has 4 unspecified atom stereocenters. The lowest BCUT2D eigenvalue weighted by Gasteiger charge is -2.32. The van der Waals surface area contributed by atoms with Crippen LogP contribution in [-0.4, -0.2) is 75.6 Å². The van der Waals surface area contributed by atoms with Crippen molar-refractivity contribution in [2.45, 2.75) is 152 Å². The van der Waals surface area contributed by atoms with Gasteiger partial charge in [-0.25, -0.2) is 0 Å². The van der Waals surface area contributed by atoms with Crippen LogP contribution in [0.5, 0.6) is 0 Å². The van der Waals surface area contributed by atoms with Crippen LogP contribution in [0.3, 0.4) is 0 Å². The minimum absolute atomic E-state index is 0.360. The Bertz CT molecular complexity index is 660. The van der Waals surface area contributed by atoms with Crippen LogP contribution < -0.4 is 21.3 Å². The van der Waals surface area contributed by atoms with Crippen molar-refractivity contribution < 1.29 is 9.47 Å². The smallest absolute Gasteiger partial charge is 0.191 e. The fourth-order valence-corrected chi connectivity index (χ4v) is 6.84. The molecule has 8 nitrogen and oxygen atoms in total. The lowest BCUT2D eigenvalue weighted by molar-refractivity contribution is 0.0614. The van der Waals surface area contributed by atoms with Gasteiger partial charge in [0.2, 0.25) is 0 Å². The van der Waals surface area contributed by atoms with Crippen molar-refractivity contribution >= 4 is 11.9 Å². The molecule has 0 spiro atoms. The van der Waals surface area contributed by atoms with Crippen LogP contribution in [0, 0.1) is 0 Å². The molecular weight excluding hydrogens is 476 g/mol. The van der Waals surface area contributed by atoms with E-state index < -0.39 is 0 Å². The topological polar surface area (TPSA) is 91.3 Å². The standard InChI is InChI=1S/C30H56N6O2/c1-37-27-17-9-15-25(21-27)35-29(33-23-11-5-3-6-12-23)31-19-20-32-30(34-24-13-7-4-8-14-24)36-26-16-10-18-28(22-26)38-2/h23-28H,3-22H2,1-2H3,(H2,31,33,35)(H2,32,34,36). The SMILES string of the molecule is COC1CCCC(NC(=NCCN=C(NC2CCCCC2)NC2CCCC(OC)C2)NC2CCCCC2)C1. The average Bonchev–Trinajstić information content (AvgIpc) is 2.96. The molecule has 4 fully saturated rings. The molecule has 0 bridgehead atoms. The second-order valence-electron chi connectivity index (χ2n) is 12.2. The molecule has 218 valence electrons. The maximum atomic E-state index is 5.68. The van der Waals surface area contributed by atoms with E-state index in [1.165, 1.54) is 103 Å². The highest BCUT2D eigenvalue weighted by Gasteiger charge is 2.25. The van der Waals surface area contributed by atoms with Crippen molar-refractivity contribution in [2.75, 3.05) is 27.3 Å². The Morgan fingerprint density at radius 1 is 0.500 bits per heavy atom. The number of guanidine groups is 2. The van der Waals surface area contributed by atoms with Gasteiger partial charge in [-0.15, -0.1) is 0 Å². The Balaban J connectivity index is 1.36. The van der Waals surface area contributed by atoms with E-state index in [9.17, 15) is 0 Å². The predicted molar refractivity (Wildman–Crippen MR) is 157 cm³/mol. The normalized spacial score (nSPS) is 30.6. The molecule has 8 heteroatoms. The summed E-state index contributed by atoms with van der Waals surface area (Å²) < 4.78 is 11.4. The van der Waals surface area contributed by atoms with Gasteiger partial charge >= 0.3 is 0 Å². The average molecular weight is 533 g/mol. The van der Waals surface area contributed by atoms with E-state index in [4.69, 9.17) is 19.5 Å². The van der Waals surface area contributed by atoms with Gasteiger partial charge in [0.25, 0.3) is 0 Å². The fraction of sp³-hybridized carbons (Fsp3) is 0.933. The molecule has 38 heavy (non-hydrogen) atoms. The zero-order valence-corrected chi connectivity index (χ0v) is 24.3. The number of methoxy groups -OCH3 is 2. The van der Waals surface area contributed by atoms with Crippen molar-refractivity contribution in [1.29, 1.82) is 0 Å². The number of aliphatic imine (C=N–C) groups is 2. The van der Waals surface area contributed by atoms with E-state index >= 15 is 0 Å². The third-order valence-electron chi connectivity index (χ3n) is 9.13. The summed E-state index contributed by atoms with van der Waals surface area (Å²) in [6, 6.07) is 1.92. The molecule has 4 aliphatic carbocycles. The molecule has 4 rings (SSSR count). The molecule has 0 heterocycles. The van der Waals surface area contributed by atoms with Crippen molar-refractivity contribution in [3.63, 3.8) is 0 Å². The quantitative estimate of drug-likeness (QED) is 0.197. The molecular formula is C30H56N6O2. The van der Waals surface area contributed by atoms with Crippen LogP contribution in [0.2, 0.25) is 0 Å². The summed E-state index contributed by atoms with van der Waals surface area (Å²) >= 11 is 0. The third-order valence-corrected chi connectivity index (χ3v) is 9.13. The molecule has 0 radical (unpaired) electrons. The van der Waals surface area contributed by atoms with E-state index in [2.05, 4.69) is 21.3 Å². The third kappa shape index (κ3) is 10.2. The number of hydrogen-bond acceptors (Lipinski definition) is 4. The van der Waals surface area contributed by atoms with Gasteiger partial charge in [-0.2, -0.15) is 0 Å². The molecule has 4 atom stereocenters. The number of nitrogens with one attached hydrogen (secondary N) is 4. The van der Waals surface area contributed by atoms with Gasteiger partial charge in [-0.3, -0.25) is 9.98 Å². The van der Waals surface area contributed by atoms with Gasteiger partial charge < -0.3 is 30.7 Å². The summed E-state index contributed by atoms with van der Waals surface area (Å²) in [5.41, 5.74) is 0. The Morgan fingerprint density at radius 3 is 1.26 bits per heavy atom. The minimum Gasteiger partial charge on any atom is -0.381 e. The molecule has 0 aromatic heterocycles. The van der Waals surface area contributed by atoms with Crippen LogP contribution in [-0.2, 0) is 9.47 Å². The van der Waals surface area contributed by atoms with E-state index in [1.807, 2.05) is 14.2 Å². The van der Waals surface area contributed by atoms with Gasteiger partial charge in [0.1, 0.15) is 0 Å². The molecule has 0 aromatic rings. The molecule has 0 amide bonds. The summed E-state index contributed by atoms with van der Waals surface area (Å²) in [4.78, 5) is 10.0. The highest BCUT2D eigenvalue weighted by molar-refractivity contribution is 5.81. The van der Waals surface area contributed by atoms with E-state index in [0.29, 0.717) is 49.5 Å². The van der Waals surface area contributed by atoms with Crippen LogP contribution in [0.4, 0.5) is 0 Å². The summed E-state index contributed by atoms with van der Waals surface area (Å²) in [5.74, 6) is 1.94. The largest absolute Gasteiger partial charge is 0.381 e. The van der Waals surface area contributed by atoms with Gasteiger partial charge in [-0.05, 0) is 77.0 Å². The van der Waals surface area contributed by atoms with Gasteiger partial charge in [0, 0.05) is 38.4 Å². The van der Waals surface area contributed by atoms with Crippen LogP contribution in [0.15, 0.2) is 9.98 Å². The maximum Gasteiger partial charge on any atom is 0.191 e. The van der Waals surface area contributed by atoms with Crippen molar-refractivity contribution in [3.05, 3.63) is 0 Å². The first-order chi connectivity index (χ1) is 18.7. The molecule has 4 N–H and O–H groups in total. The van der Waals surface area contributed by atoms with E-state index in [0.717, 1.165) is 24.8 Å². The minimum atomic E-state index is 0.360. The zero-order chi connectivity index (χ0) is 26.4. The van der Waals surface area contributed by atoms with Crippen LogP contribution in [0.1, 0.15) is 116 Å². The highest BCUT2D eigenvalue weighted by Crippen LogP contribution is 2.23. The van der Waals surface area contributed by atoms with Crippen molar-refractivity contribution in [2.24, 2.45) is 9.98 Å². The zero-order valence-electron chi connectivity index (χ0n) is 24.3. The van der Waals surface area contributed by atoms with Crippen LogP contribution in [0.25, 0.3) is 0 Å². The molecule has 4 aliphatic rings.